The van der Waals surface area contributed by atoms with Crippen molar-refractivity contribution in [1.29, 1.82) is 0 Å². The highest BCUT2D eigenvalue weighted by Crippen LogP contribution is 2.22. The number of aryl methyl sites for hydroxylation is 2. The average molecular weight is 392 g/mol. The van der Waals surface area contributed by atoms with Gasteiger partial charge in [-0.2, -0.15) is 0 Å². The Hall–Kier alpha value is -2.57. The van der Waals surface area contributed by atoms with E-state index in [4.69, 9.17) is 27.9 Å². The Morgan fingerprint density at radius 2 is 1.77 bits per heavy atom. The van der Waals surface area contributed by atoms with Crippen molar-refractivity contribution in [2.24, 2.45) is 0 Å². The standard InChI is InChI=1S/C18H15Cl2N3O3/c19-14-7-6-12(10-15(14)20)8-9-23-18(25)21-16(24)17(22-23)26-11-13-4-2-1-3-5-13/h1-7,10H,8-9,11H2,(H,21,24,25). The Morgan fingerprint density at radius 1 is 1.00 bits per heavy atom. The molecule has 26 heavy (non-hydrogen) atoms. The molecule has 134 valence electrons. The van der Waals surface area contributed by atoms with Crippen LogP contribution in [-0.4, -0.2) is 14.8 Å². The Labute approximate surface area is 159 Å². The molecule has 0 aliphatic carbocycles. The second kappa shape index (κ2) is 8.21. The summed E-state index contributed by atoms with van der Waals surface area (Å²) >= 11 is 11.9. The molecule has 0 unspecified atom stereocenters. The van der Waals surface area contributed by atoms with E-state index < -0.39 is 11.2 Å². The van der Waals surface area contributed by atoms with E-state index >= 15 is 0 Å². The van der Waals surface area contributed by atoms with Crippen LogP contribution in [-0.2, 0) is 19.6 Å². The normalized spacial score (nSPS) is 10.7. The Morgan fingerprint density at radius 3 is 2.50 bits per heavy atom. The van der Waals surface area contributed by atoms with Gasteiger partial charge in [0.25, 0.3) is 5.88 Å². The first-order valence-corrected chi connectivity index (χ1v) is 8.60. The number of rotatable bonds is 6. The number of ether oxygens (including phenoxy) is 1. The van der Waals surface area contributed by atoms with Crippen molar-refractivity contribution in [2.75, 3.05) is 0 Å². The van der Waals surface area contributed by atoms with Crippen molar-refractivity contribution < 1.29 is 4.74 Å². The van der Waals surface area contributed by atoms with Gasteiger partial charge in [-0.15, -0.1) is 5.10 Å². The number of benzene rings is 2. The van der Waals surface area contributed by atoms with Crippen molar-refractivity contribution in [1.82, 2.24) is 14.8 Å². The zero-order chi connectivity index (χ0) is 18.5. The lowest BCUT2D eigenvalue weighted by Gasteiger charge is -2.08. The molecule has 3 aromatic rings. The fraction of sp³-hybridized carbons (Fsp3) is 0.167. The van der Waals surface area contributed by atoms with E-state index in [1.807, 2.05) is 36.4 Å². The van der Waals surface area contributed by atoms with Crippen molar-refractivity contribution >= 4 is 23.2 Å². The zero-order valence-electron chi connectivity index (χ0n) is 13.6. The van der Waals surface area contributed by atoms with Crippen LogP contribution in [0.1, 0.15) is 11.1 Å². The average Bonchev–Trinajstić information content (AvgIpc) is 2.64. The van der Waals surface area contributed by atoms with Crippen LogP contribution in [0.5, 0.6) is 5.88 Å². The summed E-state index contributed by atoms with van der Waals surface area (Å²) in [7, 11) is 0. The highest BCUT2D eigenvalue weighted by Gasteiger charge is 2.09. The largest absolute Gasteiger partial charge is 0.468 e. The third-order valence-electron chi connectivity index (χ3n) is 3.68. The van der Waals surface area contributed by atoms with E-state index in [2.05, 4.69) is 10.1 Å². The van der Waals surface area contributed by atoms with E-state index in [0.29, 0.717) is 16.5 Å². The molecule has 3 rings (SSSR count). The van der Waals surface area contributed by atoms with Gasteiger partial charge in [-0.25, -0.2) is 9.48 Å². The number of hydrogen-bond donors (Lipinski definition) is 1. The smallest absolute Gasteiger partial charge is 0.344 e. The lowest BCUT2D eigenvalue weighted by Crippen LogP contribution is -2.33. The summed E-state index contributed by atoms with van der Waals surface area (Å²) in [5.74, 6) is -0.150. The lowest BCUT2D eigenvalue weighted by molar-refractivity contribution is 0.275. The minimum atomic E-state index is -0.656. The van der Waals surface area contributed by atoms with Crippen LogP contribution < -0.4 is 16.0 Å². The maximum Gasteiger partial charge on any atom is 0.344 e. The molecular formula is C18H15Cl2N3O3. The maximum absolute atomic E-state index is 12.0. The summed E-state index contributed by atoms with van der Waals surface area (Å²) in [5.41, 5.74) is 0.534. The first-order chi connectivity index (χ1) is 12.5. The summed E-state index contributed by atoms with van der Waals surface area (Å²) in [6, 6.07) is 14.6. The summed E-state index contributed by atoms with van der Waals surface area (Å²) < 4.78 is 6.61. The molecule has 0 aliphatic heterocycles. The fourth-order valence-electron chi connectivity index (χ4n) is 2.32. The van der Waals surface area contributed by atoms with Crippen LogP contribution in [0.25, 0.3) is 0 Å². The summed E-state index contributed by atoms with van der Waals surface area (Å²) in [6.45, 7) is 0.442. The van der Waals surface area contributed by atoms with Gasteiger partial charge in [0.05, 0.1) is 16.6 Å². The molecule has 0 atom stereocenters. The van der Waals surface area contributed by atoms with E-state index in [0.717, 1.165) is 15.8 Å². The molecule has 0 spiro atoms. The second-order valence-corrected chi connectivity index (χ2v) is 6.37. The van der Waals surface area contributed by atoms with Crippen LogP contribution in [0.3, 0.4) is 0 Å². The van der Waals surface area contributed by atoms with Gasteiger partial charge < -0.3 is 4.74 Å². The molecule has 0 aliphatic rings. The molecule has 6 nitrogen and oxygen atoms in total. The Bertz CT molecular complexity index is 1020. The zero-order valence-corrected chi connectivity index (χ0v) is 15.1. The minimum Gasteiger partial charge on any atom is -0.468 e. The molecule has 0 bridgehead atoms. The minimum absolute atomic E-state index is 0.150. The molecule has 2 aromatic carbocycles. The first-order valence-electron chi connectivity index (χ1n) is 7.85. The molecule has 0 radical (unpaired) electrons. The molecule has 0 saturated carbocycles. The number of nitrogens with zero attached hydrogens (tertiary/aromatic N) is 2. The number of aromatic nitrogens is 3. The van der Waals surface area contributed by atoms with E-state index in [1.54, 1.807) is 12.1 Å². The molecule has 1 aromatic heterocycles. The third kappa shape index (κ3) is 4.53. The van der Waals surface area contributed by atoms with Crippen molar-refractivity contribution in [3.05, 3.63) is 90.5 Å². The highest BCUT2D eigenvalue weighted by molar-refractivity contribution is 6.42. The van der Waals surface area contributed by atoms with Gasteiger partial charge in [-0.1, -0.05) is 59.6 Å². The maximum atomic E-state index is 12.0. The second-order valence-electron chi connectivity index (χ2n) is 5.56. The Kier molecular flexibility index (Phi) is 5.75. The van der Waals surface area contributed by atoms with Gasteiger partial charge in [0.15, 0.2) is 0 Å². The van der Waals surface area contributed by atoms with Crippen LogP contribution in [0.15, 0.2) is 58.1 Å². The topological polar surface area (TPSA) is 77.0 Å². The van der Waals surface area contributed by atoms with Crippen LogP contribution in [0, 0.1) is 0 Å². The summed E-state index contributed by atoms with van der Waals surface area (Å²) in [5, 5.41) is 4.93. The predicted octanol–water partition coefficient (Wildman–Crippen LogP) is 3.06. The fourth-order valence-corrected chi connectivity index (χ4v) is 2.64. The predicted molar refractivity (Wildman–Crippen MR) is 100 cm³/mol. The van der Waals surface area contributed by atoms with Crippen molar-refractivity contribution in [2.45, 2.75) is 19.6 Å². The summed E-state index contributed by atoms with van der Waals surface area (Å²) in [4.78, 5) is 26.0. The molecule has 1 heterocycles. The third-order valence-corrected chi connectivity index (χ3v) is 4.41. The number of nitrogens with one attached hydrogen (secondary N) is 1. The van der Waals surface area contributed by atoms with Crippen LogP contribution in [0.2, 0.25) is 10.0 Å². The van der Waals surface area contributed by atoms with E-state index in [9.17, 15) is 9.59 Å². The molecule has 1 N–H and O–H groups in total. The molecule has 8 heteroatoms. The van der Waals surface area contributed by atoms with E-state index in [-0.39, 0.29) is 19.0 Å². The highest BCUT2D eigenvalue weighted by atomic mass is 35.5. The molecular weight excluding hydrogens is 377 g/mol. The molecule has 0 amide bonds. The number of aromatic amines is 1. The monoisotopic (exact) mass is 391 g/mol. The lowest BCUT2D eigenvalue weighted by atomic mass is 10.1. The molecule has 0 fully saturated rings. The van der Waals surface area contributed by atoms with Gasteiger partial charge in [-0.05, 0) is 29.7 Å². The van der Waals surface area contributed by atoms with Gasteiger partial charge in [0.1, 0.15) is 6.61 Å². The van der Waals surface area contributed by atoms with Gasteiger partial charge >= 0.3 is 11.2 Å². The van der Waals surface area contributed by atoms with Crippen LogP contribution >= 0.6 is 23.2 Å². The SMILES string of the molecule is O=c1[nH]c(=O)n(CCc2ccc(Cl)c(Cl)c2)nc1OCc1ccccc1. The number of halogens is 2. The Balaban J connectivity index is 1.73. The van der Waals surface area contributed by atoms with Crippen LogP contribution in [0.4, 0.5) is 0 Å². The molecule has 0 saturated heterocycles. The first kappa shape index (κ1) is 18.2. The van der Waals surface area contributed by atoms with E-state index in [1.165, 1.54) is 0 Å². The number of hydrogen-bond acceptors (Lipinski definition) is 4. The van der Waals surface area contributed by atoms with Crippen molar-refractivity contribution in [3.63, 3.8) is 0 Å². The van der Waals surface area contributed by atoms with Gasteiger partial charge in [0, 0.05) is 0 Å². The van der Waals surface area contributed by atoms with Gasteiger partial charge in [0.2, 0.25) is 0 Å². The van der Waals surface area contributed by atoms with Crippen molar-refractivity contribution in [3.8, 4) is 5.88 Å². The number of H-pyrrole nitrogens is 1. The quantitative estimate of drug-likeness (QED) is 0.700. The van der Waals surface area contributed by atoms with Gasteiger partial charge in [-0.3, -0.25) is 9.78 Å². The summed E-state index contributed by atoms with van der Waals surface area (Å²) in [6.07, 6.45) is 0.494.